The average molecular weight is 446 g/mol. The van der Waals surface area contributed by atoms with Gasteiger partial charge in [0, 0.05) is 37.2 Å². The summed E-state index contributed by atoms with van der Waals surface area (Å²) in [6, 6.07) is 17.3. The molecule has 7 heteroatoms. The van der Waals surface area contributed by atoms with E-state index in [1.807, 2.05) is 54.6 Å². The van der Waals surface area contributed by atoms with E-state index in [2.05, 4.69) is 26.1 Å². The van der Waals surface area contributed by atoms with E-state index in [0.717, 1.165) is 10.0 Å². The Hall–Kier alpha value is -2.38. The molecule has 1 aliphatic heterocycles. The molecule has 0 saturated carbocycles. The number of hydrogen-bond acceptors (Lipinski definition) is 4. The van der Waals surface area contributed by atoms with Gasteiger partial charge in [0.1, 0.15) is 5.75 Å². The van der Waals surface area contributed by atoms with Crippen LogP contribution in [0.4, 0.5) is 0 Å². The number of amides is 2. The number of piperazine rings is 1. The maximum Gasteiger partial charge on any atom is 0.260 e. The molecule has 1 heterocycles. The molecule has 2 aromatic carbocycles. The van der Waals surface area contributed by atoms with Crippen LogP contribution < -0.4 is 10.1 Å². The van der Waals surface area contributed by atoms with Gasteiger partial charge in [0.25, 0.3) is 5.91 Å². The lowest BCUT2D eigenvalue weighted by Crippen LogP contribution is -2.52. The molecule has 0 aliphatic carbocycles. The molecule has 0 unspecified atom stereocenters. The quantitative estimate of drug-likeness (QED) is 0.709. The highest BCUT2D eigenvalue weighted by molar-refractivity contribution is 9.10. The van der Waals surface area contributed by atoms with Crippen molar-refractivity contribution in [3.63, 3.8) is 0 Å². The van der Waals surface area contributed by atoms with E-state index in [1.165, 1.54) is 0 Å². The highest BCUT2D eigenvalue weighted by Crippen LogP contribution is 2.17. The van der Waals surface area contributed by atoms with E-state index < -0.39 is 0 Å². The van der Waals surface area contributed by atoms with Crippen molar-refractivity contribution >= 4 is 27.7 Å². The predicted octanol–water partition coefficient (Wildman–Crippen LogP) is 2.29. The summed E-state index contributed by atoms with van der Waals surface area (Å²) in [5.74, 6) is 0.631. The van der Waals surface area contributed by atoms with Gasteiger partial charge in [-0.2, -0.15) is 0 Å². The van der Waals surface area contributed by atoms with E-state index in [0.29, 0.717) is 45.0 Å². The summed E-state index contributed by atoms with van der Waals surface area (Å²) in [4.78, 5) is 28.3. The maximum atomic E-state index is 12.3. The zero-order valence-corrected chi connectivity index (χ0v) is 17.2. The first-order valence-electron chi connectivity index (χ1n) is 9.29. The predicted molar refractivity (Wildman–Crippen MR) is 111 cm³/mol. The number of nitrogens with zero attached hydrogens (tertiary/aromatic N) is 2. The number of nitrogens with one attached hydrogen (secondary N) is 1. The maximum absolute atomic E-state index is 12.3. The molecule has 1 fully saturated rings. The molecule has 1 saturated heterocycles. The van der Waals surface area contributed by atoms with Crippen LogP contribution in [0.15, 0.2) is 59.1 Å². The van der Waals surface area contributed by atoms with Crippen molar-refractivity contribution in [2.75, 3.05) is 39.3 Å². The molecule has 1 aliphatic rings. The van der Waals surface area contributed by atoms with Gasteiger partial charge in [0.2, 0.25) is 5.91 Å². The summed E-state index contributed by atoms with van der Waals surface area (Å²) in [5, 5.41) is 2.94. The van der Waals surface area contributed by atoms with Gasteiger partial charge in [-0.3, -0.25) is 14.5 Å². The van der Waals surface area contributed by atoms with E-state index in [4.69, 9.17) is 4.74 Å². The van der Waals surface area contributed by atoms with E-state index in [1.54, 1.807) is 4.90 Å². The second kappa shape index (κ2) is 10.2. The molecule has 148 valence electrons. The third-order valence-electron chi connectivity index (χ3n) is 4.58. The molecule has 2 amide bonds. The minimum Gasteiger partial charge on any atom is -0.484 e. The monoisotopic (exact) mass is 445 g/mol. The van der Waals surface area contributed by atoms with Gasteiger partial charge in [0.15, 0.2) is 6.61 Å². The Kier molecular flexibility index (Phi) is 7.45. The first-order chi connectivity index (χ1) is 13.6. The number of hydrogen-bond donors (Lipinski definition) is 1. The number of rotatable bonds is 7. The van der Waals surface area contributed by atoms with Crippen LogP contribution in [-0.2, 0) is 16.1 Å². The molecule has 6 nitrogen and oxygen atoms in total. The summed E-state index contributed by atoms with van der Waals surface area (Å²) in [6.07, 6.45) is 0. The fraction of sp³-hybridized carbons (Fsp3) is 0.333. The van der Waals surface area contributed by atoms with Gasteiger partial charge in [-0.1, -0.05) is 52.3 Å². The minimum atomic E-state index is -0.0341. The molecule has 2 aromatic rings. The number of ether oxygens (including phenoxy) is 1. The van der Waals surface area contributed by atoms with Gasteiger partial charge in [-0.05, 0) is 23.8 Å². The Labute approximate surface area is 173 Å². The van der Waals surface area contributed by atoms with Crippen LogP contribution in [0, 0.1) is 0 Å². The zero-order chi connectivity index (χ0) is 19.8. The Morgan fingerprint density at radius 2 is 1.75 bits per heavy atom. The summed E-state index contributed by atoms with van der Waals surface area (Å²) < 4.78 is 6.48. The smallest absolute Gasteiger partial charge is 0.260 e. The molecule has 28 heavy (non-hydrogen) atoms. The fourth-order valence-corrected chi connectivity index (χ4v) is 3.38. The number of carbonyl (C=O) groups excluding carboxylic acids is 2. The minimum absolute atomic E-state index is 0.00150. The normalized spacial score (nSPS) is 14.5. The van der Waals surface area contributed by atoms with Crippen molar-refractivity contribution in [1.82, 2.24) is 15.1 Å². The van der Waals surface area contributed by atoms with Crippen molar-refractivity contribution < 1.29 is 14.3 Å². The van der Waals surface area contributed by atoms with Crippen molar-refractivity contribution in [3.8, 4) is 5.75 Å². The van der Waals surface area contributed by atoms with Crippen LogP contribution >= 0.6 is 15.9 Å². The molecule has 0 aromatic heterocycles. The van der Waals surface area contributed by atoms with Crippen molar-refractivity contribution in [2.24, 2.45) is 0 Å². The molecular formula is C21H24BrN3O3. The van der Waals surface area contributed by atoms with Gasteiger partial charge in [-0.25, -0.2) is 0 Å². The van der Waals surface area contributed by atoms with E-state index >= 15 is 0 Å². The molecule has 0 bridgehead atoms. The third kappa shape index (κ3) is 6.35. The molecule has 0 atom stereocenters. The van der Waals surface area contributed by atoms with Crippen molar-refractivity contribution in [3.05, 3.63) is 64.6 Å². The standard InChI is InChI=1S/C21H24BrN3O3/c22-18-7-4-8-19(13-18)28-16-21(27)25-11-9-24(10-12-25)15-20(26)23-14-17-5-2-1-3-6-17/h1-8,13H,9-12,14-16H2,(H,23,26). The van der Waals surface area contributed by atoms with Crippen LogP contribution in [0.5, 0.6) is 5.75 Å². The molecule has 0 radical (unpaired) electrons. The number of benzene rings is 2. The van der Waals surface area contributed by atoms with Gasteiger partial charge in [-0.15, -0.1) is 0 Å². The Morgan fingerprint density at radius 3 is 2.46 bits per heavy atom. The third-order valence-corrected chi connectivity index (χ3v) is 5.08. The highest BCUT2D eigenvalue weighted by Gasteiger charge is 2.22. The summed E-state index contributed by atoms with van der Waals surface area (Å²) in [5.41, 5.74) is 1.08. The zero-order valence-electron chi connectivity index (χ0n) is 15.6. The number of halogens is 1. The molecular weight excluding hydrogens is 422 g/mol. The van der Waals surface area contributed by atoms with Crippen LogP contribution in [-0.4, -0.2) is 60.9 Å². The van der Waals surface area contributed by atoms with Gasteiger partial charge >= 0.3 is 0 Å². The molecule has 0 spiro atoms. The van der Waals surface area contributed by atoms with Crippen molar-refractivity contribution in [1.29, 1.82) is 0 Å². The van der Waals surface area contributed by atoms with E-state index in [9.17, 15) is 9.59 Å². The average Bonchev–Trinajstić information content (AvgIpc) is 2.72. The summed E-state index contributed by atoms with van der Waals surface area (Å²) in [7, 11) is 0. The Balaban J connectivity index is 1.35. The summed E-state index contributed by atoms with van der Waals surface area (Å²) in [6.45, 7) is 3.48. The SMILES string of the molecule is O=C(CN1CCN(C(=O)COc2cccc(Br)c2)CC1)NCc1ccccc1. The highest BCUT2D eigenvalue weighted by atomic mass is 79.9. The topological polar surface area (TPSA) is 61.9 Å². The second-order valence-electron chi connectivity index (χ2n) is 6.67. The first-order valence-corrected chi connectivity index (χ1v) is 10.1. The van der Waals surface area contributed by atoms with Crippen LogP contribution in [0.3, 0.4) is 0 Å². The largest absolute Gasteiger partial charge is 0.484 e. The Bertz CT molecular complexity index is 792. The summed E-state index contributed by atoms with van der Waals surface area (Å²) >= 11 is 3.38. The lowest BCUT2D eigenvalue weighted by atomic mass is 10.2. The first kappa shape index (κ1) is 20.4. The van der Waals surface area contributed by atoms with Crippen LogP contribution in [0.25, 0.3) is 0 Å². The van der Waals surface area contributed by atoms with E-state index in [-0.39, 0.29) is 18.4 Å². The van der Waals surface area contributed by atoms with Crippen molar-refractivity contribution in [2.45, 2.75) is 6.54 Å². The molecule has 3 rings (SSSR count). The van der Waals surface area contributed by atoms with Crippen LogP contribution in [0.2, 0.25) is 0 Å². The fourth-order valence-electron chi connectivity index (χ4n) is 3.00. The van der Waals surface area contributed by atoms with Gasteiger partial charge in [0.05, 0.1) is 6.54 Å². The number of carbonyl (C=O) groups is 2. The van der Waals surface area contributed by atoms with Crippen LogP contribution in [0.1, 0.15) is 5.56 Å². The lowest BCUT2D eigenvalue weighted by molar-refractivity contribution is -0.135. The Morgan fingerprint density at radius 1 is 1.00 bits per heavy atom. The lowest BCUT2D eigenvalue weighted by Gasteiger charge is -2.34. The van der Waals surface area contributed by atoms with Gasteiger partial charge < -0.3 is 15.0 Å². The molecule has 1 N–H and O–H groups in total. The second-order valence-corrected chi connectivity index (χ2v) is 7.58.